The molecular formula is C71H99ClN10O23. The van der Waals surface area contributed by atoms with Crippen molar-refractivity contribution in [1.29, 1.82) is 0 Å². The number of alkyl carbamates (subject to hydrolysis) is 1. The van der Waals surface area contributed by atoms with Crippen LogP contribution in [0, 0.1) is 5.92 Å². The Balaban J connectivity index is 0.967. The molecule has 14 atom stereocenters. The molecular weight excluding hydrogens is 1400 g/mol. The number of aryl methyl sites for hydroxylation is 1. The molecule has 3 fully saturated rings. The van der Waals surface area contributed by atoms with E-state index < -0.39 is 169 Å². The number of hydrogen-bond acceptors (Lipinski definition) is 25. The number of methoxy groups -OCH3 is 2. The number of benzene rings is 2. The van der Waals surface area contributed by atoms with Crippen LogP contribution in [-0.4, -0.2) is 245 Å². The summed E-state index contributed by atoms with van der Waals surface area (Å²) in [5.41, 5.74) is 3.45. The molecule has 1 unspecified atom stereocenters. The third-order valence-electron chi connectivity index (χ3n) is 18.6. The third kappa shape index (κ3) is 22.6. The van der Waals surface area contributed by atoms with Gasteiger partial charge in [-0.1, -0.05) is 60.5 Å². The van der Waals surface area contributed by atoms with E-state index in [2.05, 4.69) is 32.0 Å². The number of aliphatic hydroxyl groups is 1. The third-order valence-corrected chi connectivity index (χ3v) is 19.0. The van der Waals surface area contributed by atoms with E-state index in [0.29, 0.717) is 24.4 Å². The van der Waals surface area contributed by atoms with Gasteiger partial charge < -0.3 is 92.8 Å². The van der Waals surface area contributed by atoms with E-state index >= 15 is 0 Å². The van der Waals surface area contributed by atoms with Gasteiger partial charge in [-0.05, 0) is 69.5 Å². The topological polar surface area (TPSA) is 400 Å². The molecule has 3 saturated heterocycles. The Morgan fingerprint density at radius 2 is 1.58 bits per heavy atom. The normalized spacial score (nSPS) is 26.0. The molecule has 34 heteroatoms. The van der Waals surface area contributed by atoms with Gasteiger partial charge in [0.15, 0.2) is 24.2 Å². The van der Waals surface area contributed by atoms with E-state index in [-0.39, 0.29) is 63.8 Å². The second kappa shape index (κ2) is 37.9. The quantitative estimate of drug-likeness (QED) is 0.0165. The van der Waals surface area contributed by atoms with Gasteiger partial charge in [-0.15, -0.1) is 0 Å². The fraction of sp³-hybridized carbons (Fsp3) is 0.592. The van der Waals surface area contributed by atoms with Gasteiger partial charge >= 0.3 is 30.0 Å². The predicted molar refractivity (Wildman–Crippen MR) is 376 cm³/mol. The number of esters is 4. The Morgan fingerprint density at radius 1 is 0.886 bits per heavy atom. The van der Waals surface area contributed by atoms with Crippen molar-refractivity contribution < 1.29 is 110 Å². The van der Waals surface area contributed by atoms with Gasteiger partial charge in [0.05, 0.1) is 71.1 Å². The number of aromatic nitrogens is 1. The molecule has 1 aromatic heterocycles. The van der Waals surface area contributed by atoms with Crippen LogP contribution in [0.2, 0.25) is 5.02 Å². The number of hydrazine groups is 1. The number of anilines is 1. The van der Waals surface area contributed by atoms with Crippen molar-refractivity contribution in [3.05, 3.63) is 82.5 Å². The van der Waals surface area contributed by atoms with Crippen molar-refractivity contribution in [3.63, 3.8) is 0 Å². The molecule has 578 valence electrons. The average molecular weight is 1500 g/mol. The SMILES string of the molecule is CNN(C)Cc1cc2ccccc2n1CCC(=O)N[C@@H](CC(=O)N[C@@H]1O[C@H](COC(C)=O)[C@@H](OC(C)=O)[C@H](OC(C)=O)[C@H]1NC(C)=O)C(=O)NCCOCCOCCC(=O)N(C)[C@@H](C)C(=O)O[C@H]1CC(=O)N(C)c2cc(cc(OC)c2Cl)C/C(C)=C/C=C/[C@@H](OC)[C@@]2(O)C[C@H](OC(=O)N2)[C@@H](C)C2O[C@]21C. The molecule has 105 heavy (non-hydrogen) atoms. The van der Waals surface area contributed by atoms with Crippen molar-refractivity contribution in [2.45, 2.75) is 185 Å². The Labute approximate surface area is 614 Å². The van der Waals surface area contributed by atoms with Crippen LogP contribution in [0.5, 0.6) is 5.75 Å². The Bertz CT molecular complexity index is 3700. The van der Waals surface area contributed by atoms with Gasteiger partial charge in [0.1, 0.15) is 65.5 Å². The first-order valence-corrected chi connectivity index (χ1v) is 34.8. The molecule has 7 N–H and O–H groups in total. The molecule has 7 rings (SSSR count). The van der Waals surface area contributed by atoms with E-state index in [1.54, 1.807) is 45.2 Å². The lowest BCUT2D eigenvalue weighted by atomic mass is 9.83. The smallest absolute Gasteiger partial charge is 0.409 e. The summed E-state index contributed by atoms with van der Waals surface area (Å²) < 4.78 is 65.2. The molecule has 5 heterocycles. The number of amides is 7. The summed E-state index contributed by atoms with van der Waals surface area (Å²) in [5.74, 6) is -7.68. The minimum atomic E-state index is -1.92. The van der Waals surface area contributed by atoms with Gasteiger partial charge in [-0.2, -0.15) is 0 Å². The minimum Gasteiger partial charge on any atom is -0.495 e. The molecule has 0 spiro atoms. The summed E-state index contributed by atoms with van der Waals surface area (Å²) in [5, 5.41) is 27.9. The van der Waals surface area contributed by atoms with Crippen molar-refractivity contribution in [1.82, 2.24) is 46.5 Å². The maximum Gasteiger partial charge on any atom is 0.409 e. The van der Waals surface area contributed by atoms with Crippen LogP contribution in [0.15, 0.2) is 66.3 Å². The van der Waals surface area contributed by atoms with E-state index in [1.807, 2.05) is 60.0 Å². The second-order valence-electron chi connectivity index (χ2n) is 26.5. The highest BCUT2D eigenvalue weighted by atomic mass is 35.5. The van der Waals surface area contributed by atoms with E-state index in [0.717, 1.165) is 55.4 Å². The van der Waals surface area contributed by atoms with Crippen LogP contribution in [0.25, 0.3) is 10.9 Å². The summed E-state index contributed by atoms with van der Waals surface area (Å²) in [6.45, 7) is 10.9. The lowest BCUT2D eigenvalue weighted by molar-refractivity contribution is -0.228. The number of ether oxygens (including phenoxy) is 11. The number of fused-ring (bicyclic) bond motifs is 6. The molecule has 7 amide bonds. The Hall–Kier alpha value is -8.80. The molecule has 0 aliphatic carbocycles. The fourth-order valence-corrected chi connectivity index (χ4v) is 13.1. The number of allylic oxidation sites excluding steroid dienone is 3. The van der Waals surface area contributed by atoms with Gasteiger partial charge in [-0.3, -0.25) is 53.9 Å². The number of para-hydroxylation sites is 1. The summed E-state index contributed by atoms with van der Waals surface area (Å²) >= 11 is 6.85. The van der Waals surface area contributed by atoms with Crippen LogP contribution in [-0.2, 0) is 115 Å². The second-order valence-corrected chi connectivity index (χ2v) is 26.9. The highest BCUT2D eigenvalue weighted by Gasteiger charge is 2.65. The summed E-state index contributed by atoms with van der Waals surface area (Å²) in [6, 6.07) is 8.97. The number of nitrogens with one attached hydrogen (secondary N) is 6. The van der Waals surface area contributed by atoms with Crippen LogP contribution in [0.3, 0.4) is 0 Å². The highest BCUT2D eigenvalue weighted by Crippen LogP contribution is 2.49. The van der Waals surface area contributed by atoms with Gasteiger partial charge in [0.25, 0.3) is 0 Å². The summed E-state index contributed by atoms with van der Waals surface area (Å²) in [4.78, 5) is 150. The molecule has 4 bridgehead atoms. The molecule has 0 saturated carbocycles. The van der Waals surface area contributed by atoms with Crippen LogP contribution in [0.1, 0.15) is 98.8 Å². The molecule has 33 nitrogen and oxygen atoms in total. The van der Waals surface area contributed by atoms with Gasteiger partial charge in [0, 0.05) is 99.0 Å². The number of rotatable bonds is 30. The standard InChI is InChI=1S/C71H99ClN10O23/c1-39-18-17-21-55(96-14)71(94)36-53(103-69(93)78-71)40(2)65-70(8,105-65)56(35-60(90)81(12)51-31-46(30-39)32-52(95-13)61(51)72)104-68(92)41(3)80(11)59(89)23-26-97-28-29-98-27-24-74-66(91)49(76-57(87)22-25-82-48(37-79(10)73-9)33-47-19-15-16-20-50(47)82)34-58(88)77-67-62(75-42(4)83)64(101-45(7)86)63(100-44(6)85)54(102-67)38-99-43(5)84/h15-21,31-33,40-41,49,53-56,62-65,67,73,94H,22-30,34-38H2,1-14H3,(H,74,91)(H,75,83)(H,76,87)(H,77,88)(H,78,93)/b21-17+,39-18+/t40-,41+,49+,53+,54-,55-,56+,62-,63-,64-,65?,67-,70+,71+/m1/s1. The Kier molecular flexibility index (Phi) is 30.2. The first-order valence-electron chi connectivity index (χ1n) is 34.4. The zero-order valence-corrected chi connectivity index (χ0v) is 62.5. The number of nitrogens with zero attached hydrogens (tertiary/aromatic N) is 4. The van der Waals surface area contributed by atoms with E-state index in [4.69, 9.17) is 63.7 Å². The van der Waals surface area contributed by atoms with E-state index in [1.165, 1.54) is 45.0 Å². The maximum absolute atomic E-state index is 14.5. The zero-order chi connectivity index (χ0) is 77.2. The number of carbonyl (C=O) groups is 11. The van der Waals surface area contributed by atoms with Crippen LogP contribution < -0.4 is 41.6 Å². The van der Waals surface area contributed by atoms with Gasteiger partial charge in [0.2, 0.25) is 35.4 Å². The summed E-state index contributed by atoms with van der Waals surface area (Å²) in [7, 11) is 9.41. The van der Waals surface area contributed by atoms with Crippen molar-refractivity contribution in [2.24, 2.45) is 5.92 Å². The molecule has 3 aromatic rings. The monoisotopic (exact) mass is 1490 g/mol. The fourth-order valence-electron chi connectivity index (χ4n) is 12.8. The largest absolute Gasteiger partial charge is 0.495 e. The van der Waals surface area contributed by atoms with Crippen molar-refractivity contribution >= 4 is 93.6 Å². The highest BCUT2D eigenvalue weighted by molar-refractivity contribution is 6.35. The molecule has 0 radical (unpaired) electrons. The predicted octanol–water partition coefficient (Wildman–Crippen LogP) is 2.31. The number of epoxide rings is 1. The number of halogens is 1. The lowest BCUT2D eigenvalue weighted by Gasteiger charge is -2.45. The number of carbonyl (C=O) groups excluding carboxylic acids is 11. The lowest BCUT2D eigenvalue weighted by Crippen LogP contribution is -2.69. The van der Waals surface area contributed by atoms with Crippen molar-refractivity contribution in [3.8, 4) is 5.75 Å². The zero-order valence-electron chi connectivity index (χ0n) is 61.7. The number of hydrogen-bond donors (Lipinski definition) is 7. The van der Waals surface area contributed by atoms with Crippen LogP contribution >= 0.6 is 11.6 Å². The first kappa shape index (κ1) is 83.5. The van der Waals surface area contributed by atoms with Gasteiger partial charge in [-0.25, -0.2) is 14.6 Å². The molecule has 4 aliphatic rings. The van der Waals surface area contributed by atoms with Crippen LogP contribution in [0.4, 0.5) is 10.5 Å². The average Bonchev–Trinajstić information content (AvgIpc) is 1.57. The molecule has 2 aromatic carbocycles. The minimum absolute atomic E-state index is 0.0166. The maximum atomic E-state index is 14.5. The van der Waals surface area contributed by atoms with E-state index in [9.17, 15) is 57.8 Å². The van der Waals surface area contributed by atoms with Crippen molar-refractivity contribution in [2.75, 3.05) is 86.9 Å². The number of likely N-dealkylation sites (N-methyl/N-ethyl adjacent to an activating group) is 1. The molecule has 4 aliphatic heterocycles. The first-order chi connectivity index (χ1) is 49.7. The summed E-state index contributed by atoms with van der Waals surface area (Å²) in [6.07, 6.45) is -6.92. The Morgan fingerprint density at radius 3 is 2.25 bits per heavy atom.